The van der Waals surface area contributed by atoms with Crippen molar-refractivity contribution >= 4 is 17.6 Å². The number of amides is 1. The molecular weight excluding hydrogens is 327 g/mol. The van der Waals surface area contributed by atoms with Crippen LogP contribution in [0.3, 0.4) is 0 Å². The highest BCUT2D eigenvalue weighted by molar-refractivity contribution is 5.92. The van der Waals surface area contributed by atoms with E-state index in [2.05, 4.69) is 5.32 Å². The van der Waals surface area contributed by atoms with Crippen molar-refractivity contribution in [1.29, 1.82) is 5.26 Å². The van der Waals surface area contributed by atoms with Gasteiger partial charge in [0.25, 0.3) is 5.91 Å². The van der Waals surface area contributed by atoms with Crippen LogP contribution in [-0.4, -0.2) is 25.1 Å². The highest BCUT2D eigenvalue weighted by Gasteiger charge is 2.11. The van der Waals surface area contributed by atoms with Crippen LogP contribution in [0.15, 0.2) is 42.5 Å². The van der Waals surface area contributed by atoms with Gasteiger partial charge >= 0.3 is 5.97 Å². The Morgan fingerprint density at radius 2 is 1.96 bits per heavy atom. The van der Waals surface area contributed by atoms with Crippen molar-refractivity contribution in [3.05, 3.63) is 59.4 Å². The first-order valence-corrected chi connectivity index (χ1v) is 7.33. The molecule has 25 heavy (non-hydrogen) atoms. The number of anilines is 1. The number of hydrogen-bond donors (Lipinski definition) is 1. The van der Waals surface area contributed by atoms with Gasteiger partial charge in [0.05, 0.1) is 5.56 Å². The molecule has 7 heteroatoms. The summed E-state index contributed by atoms with van der Waals surface area (Å²) in [6.07, 6.45) is 0. The summed E-state index contributed by atoms with van der Waals surface area (Å²) in [5.74, 6) is -1.56. The Morgan fingerprint density at radius 3 is 2.68 bits per heavy atom. The van der Waals surface area contributed by atoms with E-state index in [9.17, 15) is 14.0 Å². The molecule has 0 spiro atoms. The number of para-hydroxylation sites is 1. The number of rotatable bonds is 6. The van der Waals surface area contributed by atoms with Crippen LogP contribution >= 0.6 is 0 Å². The van der Waals surface area contributed by atoms with E-state index >= 15 is 0 Å². The van der Waals surface area contributed by atoms with Gasteiger partial charge in [-0.1, -0.05) is 18.2 Å². The Hall–Kier alpha value is -3.40. The van der Waals surface area contributed by atoms with Gasteiger partial charge in [-0.25, -0.2) is 9.18 Å². The van der Waals surface area contributed by atoms with Crippen LogP contribution < -0.4 is 10.1 Å². The number of halogens is 1. The van der Waals surface area contributed by atoms with E-state index in [-0.39, 0.29) is 17.0 Å². The molecule has 1 N–H and O–H groups in total. The second-order valence-corrected chi connectivity index (χ2v) is 5.07. The van der Waals surface area contributed by atoms with Gasteiger partial charge in [-0.3, -0.25) is 4.79 Å². The zero-order chi connectivity index (χ0) is 18.2. The lowest BCUT2D eigenvalue weighted by Gasteiger charge is -2.09. The number of benzene rings is 2. The molecule has 2 rings (SSSR count). The number of esters is 1. The molecule has 0 aliphatic heterocycles. The Morgan fingerprint density at radius 1 is 1.20 bits per heavy atom. The molecule has 0 fully saturated rings. The summed E-state index contributed by atoms with van der Waals surface area (Å²) in [6, 6.07) is 12.6. The fraction of sp³-hybridized carbons (Fsp3) is 0.167. The third kappa shape index (κ3) is 5.32. The molecule has 128 valence electrons. The molecule has 0 radical (unpaired) electrons. The molecular formula is C18H15FN2O4. The largest absolute Gasteiger partial charge is 0.481 e. The van der Waals surface area contributed by atoms with E-state index in [4.69, 9.17) is 14.7 Å². The first-order chi connectivity index (χ1) is 12.0. The molecule has 0 saturated carbocycles. The molecule has 0 saturated heterocycles. The Kier molecular flexibility index (Phi) is 6.07. The summed E-state index contributed by atoms with van der Waals surface area (Å²) in [6.45, 7) is 0.635. The van der Waals surface area contributed by atoms with Crippen LogP contribution in [0, 0.1) is 24.1 Å². The maximum absolute atomic E-state index is 13.4. The normalized spacial score (nSPS) is 9.80. The number of carbonyl (C=O) groups is 2. The monoisotopic (exact) mass is 342 g/mol. The first-order valence-electron chi connectivity index (χ1n) is 7.33. The van der Waals surface area contributed by atoms with Crippen LogP contribution in [0.2, 0.25) is 0 Å². The average molecular weight is 342 g/mol. The van der Waals surface area contributed by atoms with Gasteiger partial charge in [-0.2, -0.15) is 5.26 Å². The third-order valence-corrected chi connectivity index (χ3v) is 3.17. The predicted molar refractivity (Wildman–Crippen MR) is 87.4 cm³/mol. The number of aryl methyl sites for hydroxylation is 1. The van der Waals surface area contributed by atoms with E-state index < -0.39 is 30.9 Å². The van der Waals surface area contributed by atoms with E-state index in [1.54, 1.807) is 37.3 Å². The van der Waals surface area contributed by atoms with Gasteiger partial charge in [0.2, 0.25) is 0 Å². The fourth-order valence-electron chi connectivity index (χ4n) is 1.88. The van der Waals surface area contributed by atoms with Gasteiger partial charge in [-0.05, 0) is 36.8 Å². The van der Waals surface area contributed by atoms with Gasteiger partial charge in [0.15, 0.2) is 13.2 Å². The molecule has 0 unspecified atom stereocenters. The van der Waals surface area contributed by atoms with Crippen LogP contribution in [0.1, 0.15) is 11.1 Å². The van der Waals surface area contributed by atoms with Crippen molar-refractivity contribution < 1.29 is 23.5 Å². The maximum Gasteiger partial charge on any atom is 0.344 e. The minimum absolute atomic E-state index is 0.251. The molecule has 0 aliphatic carbocycles. The van der Waals surface area contributed by atoms with Gasteiger partial charge < -0.3 is 14.8 Å². The van der Waals surface area contributed by atoms with Crippen molar-refractivity contribution in [2.75, 3.05) is 18.5 Å². The zero-order valence-corrected chi connectivity index (χ0v) is 13.4. The lowest BCUT2D eigenvalue weighted by molar-refractivity contribution is -0.149. The lowest BCUT2D eigenvalue weighted by Crippen LogP contribution is -2.23. The van der Waals surface area contributed by atoms with Crippen molar-refractivity contribution in [3.8, 4) is 11.8 Å². The minimum Gasteiger partial charge on any atom is -0.481 e. The lowest BCUT2D eigenvalue weighted by atomic mass is 10.2. The minimum atomic E-state index is -0.766. The van der Waals surface area contributed by atoms with Crippen LogP contribution in [0.4, 0.5) is 10.1 Å². The topological polar surface area (TPSA) is 88.4 Å². The maximum atomic E-state index is 13.4. The first kappa shape index (κ1) is 17.9. The number of hydrogen-bond acceptors (Lipinski definition) is 5. The molecule has 2 aromatic carbocycles. The molecule has 0 heterocycles. The summed E-state index contributed by atoms with van der Waals surface area (Å²) in [7, 11) is 0. The molecule has 0 atom stereocenters. The standard InChI is InChI=1S/C18H15FN2O4/c1-12-6-7-14(8-15(12)19)21-17(22)10-25-18(23)11-24-16-5-3-2-4-13(16)9-20/h2-8H,10-11H2,1H3,(H,21,22). The molecule has 0 aliphatic rings. The summed E-state index contributed by atoms with van der Waals surface area (Å²) < 4.78 is 23.4. The zero-order valence-electron chi connectivity index (χ0n) is 13.4. The van der Waals surface area contributed by atoms with Crippen molar-refractivity contribution in [2.24, 2.45) is 0 Å². The van der Waals surface area contributed by atoms with E-state index in [0.717, 1.165) is 0 Å². The molecule has 6 nitrogen and oxygen atoms in total. The van der Waals surface area contributed by atoms with Gasteiger partial charge in [0, 0.05) is 5.69 Å². The summed E-state index contributed by atoms with van der Waals surface area (Å²) in [5, 5.41) is 11.3. The number of nitriles is 1. The average Bonchev–Trinajstić information content (AvgIpc) is 2.61. The number of nitrogens with one attached hydrogen (secondary N) is 1. The summed E-state index contributed by atoms with van der Waals surface area (Å²) in [5.41, 5.74) is 1.01. The predicted octanol–water partition coefficient (Wildman–Crippen LogP) is 2.57. The Balaban J connectivity index is 1.78. The van der Waals surface area contributed by atoms with Gasteiger partial charge in [0.1, 0.15) is 17.6 Å². The van der Waals surface area contributed by atoms with Crippen LogP contribution in [0.25, 0.3) is 0 Å². The van der Waals surface area contributed by atoms with Crippen molar-refractivity contribution in [3.63, 3.8) is 0 Å². The highest BCUT2D eigenvalue weighted by Crippen LogP contribution is 2.16. The Labute approximate surface area is 143 Å². The quantitative estimate of drug-likeness (QED) is 0.815. The molecule has 0 bridgehead atoms. The number of carbonyl (C=O) groups excluding carboxylic acids is 2. The smallest absolute Gasteiger partial charge is 0.344 e. The van der Waals surface area contributed by atoms with Crippen LogP contribution in [0.5, 0.6) is 5.75 Å². The van der Waals surface area contributed by atoms with Crippen LogP contribution in [-0.2, 0) is 14.3 Å². The second kappa shape index (κ2) is 8.45. The number of ether oxygens (including phenoxy) is 2. The molecule has 2 aromatic rings. The number of nitrogens with zero attached hydrogens (tertiary/aromatic N) is 1. The molecule has 1 amide bonds. The van der Waals surface area contributed by atoms with E-state index in [1.807, 2.05) is 6.07 Å². The van der Waals surface area contributed by atoms with E-state index in [1.165, 1.54) is 12.1 Å². The fourth-order valence-corrected chi connectivity index (χ4v) is 1.88. The summed E-state index contributed by atoms with van der Waals surface area (Å²) in [4.78, 5) is 23.3. The van der Waals surface area contributed by atoms with Crippen molar-refractivity contribution in [1.82, 2.24) is 0 Å². The highest BCUT2D eigenvalue weighted by atomic mass is 19.1. The van der Waals surface area contributed by atoms with E-state index in [0.29, 0.717) is 5.56 Å². The Bertz CT molecular complexity index is 830. The third-order valence-electron chi connectivity index (χ3n) is 3.17. The summed E-state index contributed by atoms with van der Waals surface area (Å²) >= 11 is 0. The SMILES string of the molecule is Cc1ccc(NC(=O)COC(=O)COc2ccccc2C#N)cc1F. The van der Waals surface area contributed by atoms with Gasteiger partial charge in [-0.15, -0.1) is 0 Å². The van der Waals surface area contributed by atoms with Crippen molar-refractivity contribution in [2.45, 2.75) is 6.92 Å². The molecule has 0 aromatic heterocycles. The second-order valence-electron chi connectivity index (χ2n) is 5.07.